The Labute approximate surface area is 121 Å². The van der Waals surface area contributed by atoms with Crippen LogP contribution < -0.4 is 5.32 Å². The van der Waals surface area contributed by atoms with Crippen molar-refractivity contribution in [2.24, 2.45) is 5.92 Å². The van der Waals surface area contributed by atoms with Crippen LogP contribution in [-0.2, 0) is 0 Å². The Balaban J connectivity index is 2.21. The van der Waals surface area contributed by atoms with Gasteiger partial charge < -0.3 is 10.2 Å². The topological polar surface area (TPSA) is 45.2 Å². The Morgan fingerprint density at radius 2 is 2.15 bits per heavy atom. The second kappa shape index (κ2) is 6.25. The van der Waals surface area contributed by atoms with E-state index in [0.717, 1.165) is 30.2 Å². The molecule has 1 saturated carbocycles. The second-order valence-electron chi connectivity index (χ2n) is 5.98. The van der Waals surface area contributed by atoms with Gasteiger partial charge in [-0.25, -0.2) is 4.98 Å². The highest BCUT2D eigenvalue weighted by atomic mass is 16.2. The molecule has 2 rings (SSSR count). The third-order valence-electron chi connectivity index (χ3n) is 3.62. The predicted octanol–water partition coefficient (Wildman–Crippen LogP) is 3.12. The molecular weight excluding hydrogens is 250 g/mol. The third-order valence-corrected chi connectivity index (χ3v) is 3.62. The van der Waals surface area contributed by atoms with Crippen LogP contribution in [0.3, 0.4) is 0 Å². The molecule has 1 heterocycles. The smallest absolute Gasteiger partial charge is 0.253 e. The van der Waals surface area contributed by atoms with Crippen molar-refractivity contribution in [2.75, 3.05) is 25.5 Å². The van der Waals surface area contributed by atoms with Gasteiger partial charge >= 0.3 is 0 Å². The monoisotopic (exact) mass is 275 g/mol. The van der Waals surface area contributed by atoms with Crippen LogP contribution in [0.2, 0.25) is 0 Å². The van der Waals surface area contributed by atoms with E-state index in [9.17, 15) is 4.79 Å². The molecule has 0 bridgehead atoms. The van der Waals surface area contributed by atoms with Crippen LogP contribution in [0.25, 0.3) is 0 Å². The summed E-state index contributed by atoms with van der Waals surface area (Å²) >= 11 is 0. The van der Waals surface area contributed by atoms with Crippen molar-refractivity contribution >= 4 is 11.7 Å². The van der Waals surface area contributed by atoms with E-state index in [0.29, 0.717) is 11.8 Å². The number of pyridine rings is 1. The predicted molar refractivity (Wildman–Crippen MR) is 82.2 cm³/mol. The Kier molecular flexibility index (Phi) is 4.63. The summed E-state index contributed by atoms with van der Waals surface area (Å²) in [6.45, 7) is 7.90. The molecule has 4 nitrogen and oxygen atoms in total. The molecule has 0 spiro atoms. The fraction of sp³-hybridized carbons (Fsp3) is 0.625. The molecule has 0 aliphatic heterocycles. The molecule has 110 valence electrons. The van der Waals surface area contributed by atoms with Gasteiger partial charge in [-0.2, -0.15) is 0 Å². The minimum absolute atomic E-state index is 0.0975. The van der Waals surface area contributed by atoms with E-state index in [2.05, 4.69) is 24.1 Å². The summed E-state index contributed by atoms with van der Waals surface area (Å²) in [7, 11) is 1.89. The van der Waals surface area contributed by atoms with Crippen LogP contribution in [0.4, 0.5) is 5.82 Å². The third kappa shape index (κ3) is 3.71. The molecule has 0 aromatic carbocycles. The highest BCUT2D eigenvalue weighted by molar-refractivity contribution is 5.95. The Bertz CT molecular complexity index is 481. The van der Waals surface area contributed by atoms with Crippen molar-refractivity contribution in [3.05, 3.63) is 23.4 Å². The molecule has 1 aromatic heterocycles. The van der Waals surface area contributed by atoms with Crippen molar-refractivity contribution < 1.29 is 4.79 Å². The van der Waals surface area contributed by atoms with Crippen molar-refractivity contribution in [3.8, 4) is 0 Å². The summed E-state index contributed by atoms with van der Waals surface area (Å²) in [4.78, 5) is 18.9. The zero-order valence-corrected chi connectivity index (χ0v) is 12.9. The first-order chi connectivity index (χ1) is 9.51. The number of amides is 1. The molecule has 1 fully saturated rings. The first-order valence-corrected chi connectivity index (χ1v) is 7.52. The van der Waals surface area contributed by atoms with Crippen molar-refractivity contribution in [1.29, 1.82) is 0 Å². The maximum Gasteiger partial charge on any atom is 0.253 e. The molecule has 4 heteroatoms. The van der Waals surface area contributed by atoms with Gasteiger partial charge in [-0.15, -0.1) is 0 Å². The molecule has 1 aliphatic carbocycles. The number of carbonyl (C=O) groups is 1. The van der Waals surface area contributed by atoms with Gasteiger partial charge in [-0.3, -0.25) is 4.79 Å². The molecule has 1 N–H and O–H groups in total. The lowest BCUT2D eigenvalue weighted by Crippen LogP contribution is -2.29. The molecule has 0 saturated heterocycles. The first-order valence-electron chi connectivity index (χ1n) is 7.52. The van der Waals surface area contributed by atoms with Gasteiger partial charge in [0, 0.05) is 31.4 Å². The Morgan fingerprint density at radius 1 is 1.45 bits per heavy atom. The lowest BCUT2D eigenvalue weighted by Gasteiger charge is -2.18. The van der Waals surface area contributed by atoms with Crippen LogP contribution in [0.5, 0.6) is 0 Å². The standard InChI is InChI=1S/C16H25N3O/c1-5-17-15-9-13(8-14(18-15)11(2)3)16(20)19(4)10-12-6-7-12/h8-9,11-12H,5-7,10H2,1-4H3,(H,17,18). The van der Waals surface area contributed by atoms with E-state index in [1.54, 1.807) is 0 Å². The van der Waals surface area contributed by atoms with E-state index in [4.69, 9.17) is 0 Å². The number of anilines is 1. The molecule has 1 aliphatic rings. The lowest BCUT2D eigenvalue weighted by molar-refractivity contribution is 0.0788. The van der Waals surface area contributed by atoms with Crippen LogP contribution >= 0.6 is 0 Å². The Hall–Kier alpha value is -1.58. The normalized spacial score (nSPS) is 14.4. The van der Waals surface area contributed by atoms with E-state index in [1.165, 1.54) is 12.8 Å². The van der Waals surface area contributed by atoms with Crippen molar-refractivity contribution in [3.63, 3.8) is 0 Å². The SMILES string of the molecule is CCNc1cc(C(=O)N(C)CC2CC2)cc(C(C)C)n1. The largest absolute Gasteiger partial charge is 0.370 e. The fourth-order valence-electron chi connectivity index (χ4n) is 2.23. The van der Waals surface area contributed by atoms with Gasteiger partial charge in [-0.05, 0) is 43.7 Å². The minimum atomic E-state index is 0.0975. The van der Waals surface area contributed by atoms with Gasteiger partial charge in [0.15, 0.2) is 0 Å². The number of nitrogens with zero attached hydrogens (tertiary/aromatic N) is 2. The van der Waals surface area contributed by atoms with Gasteiger partial charge in [0.05, 0.1) is 0 Å². The average molecular weight is 275 g/mol. The zero-order chi connectivity index (χ0) is 14.7. The van der Waals surface area contributed by atoms with Gasteiger partial charge in [0.2, 0.25) is 0 Å². The van der Waals surface area contributed by atoms with Crippen LogP contribution in [-0.4, -0.2) is 35.9 Å². The summed E-state index contributed by atoms with van der Waals surface area (Å²) < 4.78 is 0. The highest BCUT2D eigenvalue weighted by Gasteiger charge is 2.25. The summed E-state index contributed by atoms with van der Waals surface area (Å²) in [5, 5.41) is 3.21. The van der Waals surface area contributed by atoms with Crippen molar-refractivity contribution in [2.45, 2.75) is 39.5 Å². The van der Waals surface area contributed by atoms with Crippen LogP contribution in [0.1, 0.15) is 55.6 Å². The van der Waals surface area contributed by atoms with E-state index in [-0.39, 0.29) is 5.91 Å². The molecular formula is C16H25N3O. The van der Waals surface area contributed by atoms with Crippen LogP contribution in [0.15, 0.2) is 12.1 Å². The van der Waals surface area contributed by atoms with E-state index in [1.807, 2.05) is 31.0 Å². The maximum absolute atomic E-state index is 12.5. The molecule has 0 radical (unpaired) electrons. The average Bonchev–Trinajstić information content (AvgIpc) is 3.21. The van der Waals surface area contributed by atoms with Crippen LogP contribution in [0, 0.1) is 5.92 Å². The van der Waals surface area contributed by atoms with Crippen molar-refractivity contribution in [1.82, 2.24) is 9.88 Å². The lowest BCUT2D eigenvalue weighted by atomic mass is 10.1. The summed E-state index contributed by atoms with van der Waals surface area (Å²) in [6.07, 6.45) is 2.52. The maximum atomic E-state index is 12.5. The zero-order valence-electron chi connectivity index (χ0n) is 12.9. The summed E-state index contributed by atoms with van der Waals surface area (Å²) in [5.74, 6) is 1.92. The van der Waals surface area contributed by atoms with E-state index < -0.39 is 0 Å². The summed E-state index contributed by atoms with van der Waals surface area (Å²) in [6, 6.07) is 3.79. The molecule has 1 aromatic rings. The van der Waals surface area contributed by atoms with E-state index >= 15 is 0 Å². The first kappa shape index (κ1) is 14.8. The number of hydrogen-bond donors (Lipinski definition) is 1. The quantitative estimate of drug-likeness (QED) is 0.867. The Morgan fingerprint density at radius 3 is 2.70 bits per heavy atom. The number of rotatable bonds is 6. The summed E-state index contributed by atoms with van der Waals surface area (Å²) in [5.41, 5.74) is 1.70. The number of hydrogen-bond acceptors (Lipinski definition) is 3. The molecule has 0 unspecified atom stereocenters. The molecule has 20 heavy (non-hydrogen) atoms. The highest BCUT2D eigenvalue weighted by Crippen LogP contribution is 2.30. The molecule has 0 atom stereocenters. The van der Waals surface area contributed by atoms with Gasteiger partial charge in [0.1, 0.15) is 5.82 Å². The number of aromatic nitrogens is 1. The fourth-order valence-corrected chi connectivity index (χ4v) is 2.23. The van der Waals surface area contributed by atoms with Gasteiger partial charge in [0.25, 0.3) is 5.91 Å². The minimum Gasteiger partial charge on any atom is -0.370 e. The molecule has 1 amide bonds. The number of nitrogens with one attached hydrogen (secondary N) is 1. The second-order valence-corrected chi connectivity index (χ2v) is 5.98. The van der Waals surface area contributed by atoms with Gasteiger partial charge in [-0.1, -0.05) is 13.8 Å². The number of carbonyl (C=O) groups excluding carboxylic acids is 1.